The summed E-state index contributed by atoms with van der Waals surface area (Å²) in [7, 11) is 0. The Bertz CT molecular complexity index is 944. The quantitative estimate of drug-likeness (QED) is 0.793. The van der Waals surface area contributed by atoms with E-state index in [0.29, 0.717) is 0 Å². The minimum atomic E-state index is -4.48. The van der Waals surface area contributed by atoms with Crippen LogP contribution in [0.5, 0.6) is 0 Å². The average molecular weight is 338 g/mol. The maximum absolute atomic E-state index is 12.8. The molecule has 1 unspecified atom stereocenters. The topological polar surface area (TPSA) is 72.9 Å². The van der Waals surface area contributed by atoms with Gasteiger partial charge in [0, 0.05) is 0 Å². The summed E-state index contributed by atoms with van der Waals surface area (Å²) < 4.78 is 40.9. The van der Waals surface area contributed by atoms with Crippen LogP contribution in [0.4, 0.5) is 13.2 Å². The molecular formula is C15H13F3N4O2. The summed E-state index contributed by atoms with van der Waals surface area (Å²) in [5, 5.41) is 13.5. The standard InChI is InChI=1S/C15H13F3N4O2/c1-9(23)7-21-8-19-13-12(14(21)24)6-20-22(13)11-4-2-3-10(5-11)15(16,17)18/h2-6,8-9,23H,7H2,1H3. The Morgan fingerprint density at radius 1 is 1.33 bits per heavy atom. The van der Waals surface area contributed by atoms with Crippen LogP contribution in [0.1, 0.15) is 12.5 Å². The van der Waals surface area contributed by atoms with Gasteiger partial charge in [0.2, 0.25) is 0 Å². The first-order valence-corrected chi connectivity index (χ1v) is 7.06. The molecular weight excluding hydrogens is 325 g/mol. The van der Waals surface area contributed by atoms with Crippen LogP contribution in [0, 0.1) is 0 Å². The zero-order valence-corrected chi connectivity index (χ0v) is 12.5. The molecule has 0 spiro atoms. The fourth-order valence-corrected chi connectivity index (χ4v) is 2.37. The highest BCUT2D eigenvalue weighted by molar-refractivity contribution is 5.75. The van der Waals surface area contributed by atoms with Crippen molar-refractivity contribution < 1.29 is 18.3 Å². The minimum Gasteiger partial charge on any atom is -0.392 e. The largest absolute Gasteiger partial charge is 0.416 e. The number of hydrogen-bond acceptors (Lipinski definition) is 4. The van der Waals surface area contributed by atoms with Gasteiger partial charge in [0.15, 0.2) is 5.65 Å². The summed E-state index contributed by atoms with van der Waals surface area (Å²) >= 11 is 0. The fraction of sp³-hybridized carbons (Fsp3) is 0.267. The van der Waals surface area contributed by atoms with Gasteiger partial charge in [-0.05, 0) is 25.1 Å². The fourth-order valence-electron chi connectivity index (χ4n) is 2.37. The van der Waals surface area contributed by atoms with Crippen LogP contribution >= 0.6 is 0 Å². The Kier molecular flexibility index (Phi) is 3.88. The van der Waals surface area contributed by atoms with Crippen molar-refractivity contribution in [2.24, 2.45) is 0 Å². The van der Waals surface area contributed by atoms with Crippen molar-refractivity contribution in [2.45, 2.75) is 25.7 Å². The van der Waals surface area contributed by atoms with Crippen molar-refractivity contribution in [2.75, 3.05) is 0 Å². The number of alkyl halides is 3. The van der Waals surface area contributed by atoms with Crippen LogP contribution in [-0.2, 0) is 12.7 Å². The Morgan fingerprint density at radius 3 is 2.75 bits per heavy atom. The molecule has 126 valence electrons. The molecule has 0 saturated heterocycles. The third-order valence-electron chi connectivity index (χ3n) is 3.43. The molecule has 0 bridgehead atoms. The Hall–Kier alpha value is -2.68. The number of benzene rings is 1. The highest BCUT2D eigenvalue weighted by Gasteiger charge is 2.30. The number of halogens is 3. The molecule has 1 aromatic carbocycles. The first-order chi connectivity index (χ1) is 11.3. The second kappa shape index (κ2) is 5.75. The summed E-state index contributed by atoms with van der Waals surface area (Å²) in [6.07, 6.45) is -2.72. The van der Waals surface area contributed by atoms with Crippen molar-refractivity contribution in [3.63, 3.8) is 0 Å². The van der Waals surface area contributed by atoms with Gasteiger partial charge in [-0.15, -0.1) is 0 Å². The first-order valence-electron chi connectivity index (χ1n) is 7.06. The van der Waals surface area contributed by atoms with E-state index in [1.807, 2.05) is 0 Å². The van der Waals surface area contributed by atoms with Crippen molar-refractivity contribution in [3.8, 4) is 5.69 Å². The molecule has 1 N–H and O–H groups in total. The van der Waals surface area contributed by atoms with Gasteiger partial charge in [-0.1, -0.05) is 6.07 Å². The zero-order valence-electron chi connectivity index (χ0n) is 12.5. The van der Waals surface area contributed by atoms with E-state index in [-0.39, 0.29) is 23.3 Å². The molecule has 6 nitrogen and oxygen atoms in total. The van der Waals surface area contributed by atoms with E-state index >= 15 is 0 Å². The number of aliphatic hydroxyl groups excluding tert-OH is 1. The molecule has 1 atom stereocenters. The first kappa shape index (κ1) is 16.2. The van der Waals surface area contributed by atoms with E-state index in [1.54, 1.807) is 0 Å². The van der Waals surface area contributed by atoms with Crippen LogP contribution in [-0.4, -0.2) is 30.5 Å². The predicted octanol–water partition coefficient (Wildman–Crippen LogP) is 1.98. The number of aliphatic hydroxyl groups is 1. The lowest BCUT2D eigenvalue weighted by Gasteiger charge is -2.10. The van der Waals surface area contributed by atoms with Crippen LogP contribution in [0.2, 0.25) is 0 Å². The monoisotopic (exact) mass is 338 g/mol. The summed E-state index contributed by atoms with van der Waals surface area (Å²) in [6.45, 7) is 1.60. The molecule has 0 aliphatic rings. The molecule has 0 saturated carbocycles. The zero-order chi connectivity index (χ0) is 17.5. The summed E-state index contributed by atoms with van der Waals surface area (Å²) in [6, 6.07) is 4.61. The second-order valence-corrected chi connectivity index (χ2v) is 5.39. The number of nitrogens with zero attached hydrogens (tertiary/aromatic N) is 4. The highest BCUT2D eigenvalue weighted by Crippen LogP contribution is 2.30. The highest BCUT2D eigenvalue weighted by atomic mass is 19.4. The lowest BCUT2D eigenvalue weighted by Crippen LogP contribution is -2.25. The van der Waals surface area contributed by atoms with Gasteiger partial charge in [-0.25, -0.2) is 9.67 Å². The summed E-state index contributed by atoms with van der Waals surface area (Å²) in [5.74, 6) is 0. The predicted molar refractivity (Wildman–Crippen MR) is 79.8 cm³/mol. The molecule has 9 heteroatoms. The molecule has 0 aliphatic carbocycles. The van der Waals surface area contributed by atoms with Gasteiger partial charge in [0.05, 0.1) is 30.1 Å². The van der Waals surface area contributed by atoms with E-state index in [4.69, 9.17) is 0 Å². The van der Waals surface area contributed by atoms with Gasteiger partial charge in [0.25, 0.3) is 5.56 Å². The molecule has 0 fully saturated rings. The smallest absolute Gasteiger partial charge is 0.392 e. The van der Waals surface area contributed by atoms with E-state index in [0.717, 1.165) is 12.1 Å². The van der Waals surface area contributed by atoms with Crippen LogP contribution < -0.4 is 5.56 Å². The third kappa shape index (κ3) is 2.90. The van der Waals surface area contributed by atoms with E-state index in [2.05, 4.69) is 10.1 Å². The van der Waals surface area contributed by atoms with Crippen LogP contribution in [0.15, 0.2) is 41.6 Å². The molecule has 0 radical (unpaired) electrons. The van der Waals surface area contributed by atoms with Crippen LogP contribution in [0.25, 0.3) is 16.7 Å². The summed E-state index contributed by atoms with van der Waals surface area (Å²) in [4.78, 5) is 16.4. The van der Waals surface area contributed by atoms with Crippen molar-refractivity contribution in [3.05, 3.63) is 52.7 Å². The molecule has 0 amide bonds. The van der Waals surface area contributed by atoms with Gasteiger partial charge in [-0.3, -0.25) is 9.36 Å². The van der Waals surface area contributed by atoms with E-state index in [1.165, 1.54) is 40.8 Å². The second-order valence-electron chi connectivity index (χ2n) is 5.39. The molecule has 24 heavy (non-hydrogen) atoms. The lowest BCUT2D eigenvalue weighted by molar-refractivity contribution is -0.137. The van der Waals surface area contributed by atoms with Gasteiger partial charge >= 0.3 is 6.18 Å². The Morgan fingerprint density at radius 2 is 2.08 bits per heavy atom. The van der Waals surface area contributed by atoms with Gasteiger partial charge < -0.3 is 5.11 Å². The van der Waals surface area contributed by atoms with E-state index in [9.17, 15) is 23.1 Å². The Labute approximate surface area is 133 Å². The molecule has 3 aromatic rings. The molecule has 0 aliphatic heterocycles. The molecule has 2 aromatic heterocycles. The molecule has 3 rings (SSSR count). The maximum Gasteiger partial charge on any atom is 0.416 e. The van der Waals surface area contributed by atoms with Gasteiger partial charge in [0.1, 0.15) is 11.7 Å². The SMILES string of the molecule is CC(O)Cn1cnc2c(cnn2-c2cccc(C(F)(F)F)c2)c1=O. The van der Waals surface area contributed by atoms with Gasteiger partial charge in [-0.2, -0.15) is 18.3 Å². The molecule has 2 heterocycles. The number of fused-ring (bicyclic) bond motifs is 1. The summed E-state index contributed by atoms with van der Waals surface area (Å²) in [5.41, 5.74) is -0.925. The van der Waals surface area contributed by atoms with Crippen molar-refractivity contribution >= 4 is 11.0 Å². The lowest BCUT2D eigenvalue weighted by atomic mass is 10.2. The minimum absolute atomic E-state index is 0.0660. The van der Waals surface area contributed by atoms with Crippen LogP contribution in [0.3, 0.4) is 0 Å². The van der Waals surface area contributed by atoms with E-state index < -0.39 is 23.4 Å². The normalized spacial score (nSPS) is 13.4. The number of aromatic nitrogens is 4. The van der Waals surface area contributed by atoms with Crippen molar-refractivity contribution in [1.82, 2.24) is 19.3 Å². The number of rotatable bonds is 3. The number of hydrogen-bond donors (Lipinski definition) is 1. The maximum atomic E-state index is 12.8. The third-order valence-corrected chi connectivity index (χ3v) is 3.43. The average Bonchev–Trinajstić information content (AvgIpc) is 2.94. The Balaban J connectivity index is 2.12. The van der Waals surface area contributed by atoms with Crippen molar-refractivity contribution in [1.29, 1.82) is 0 Å².